The quantitative estimate of drug-likeness (QED) is 0.655. The van der Waals surface area contributed by atoms with Crippen LogP contribution < -0.4 is 10.6 Å². The average molecular weight is 492 g/mol. The van der Waals surface area contributed by atoms with Crippen molar-refractivity contribution in [2.45, 2.75) is 57.1 Å². The Morgan fingerprint density at radius 1 is 1.22 bits per heavy atom. The molecule has 1 aromatic carbocycles. The molecule has 3 aliphatic rings. The molecule has 9 heteroatoms. The lowest BCUT2D eigenvalue weighted by Crippen LogP contribution is -2.40. The largest absolute Gasteiger partial charge is 0.384 e. The molecule has 2 atom stereocenters. The molecule has 1 unspecified atom stereocenters. The SMILES string of the molecule is CC1(c2cc(Cl)cc(Cl)c2)CC(c2sc(C(=O)N[C@@H]3CCNC3=O)c3c2CCCC3)=NO1. The molecular weight excluding hydrogens is 469 g/mol. The molecule has 6 nitrogen and oxygen atoms in total. The van der Waals surface area contributed by atoms with Crippen LogP contribution in [0.4, 0.5) is 0 Å². The summed E-state index contributed by atoms with van der Waals surface area (Å²) >= 11 is 13.9. The van der Waals surface area contributed by atoms with E-state index in [1.165, 1.54) is 16.9 Å². The minimum absolute atomic E-state index is 0.117. The van der Waals surface area contributed by atoms with Gasteiger partial charge in [0.05, 0.1) is 9.75 Å². The third-order valence-corrected chi connectivity index (χ3v) is 8.14. The van der Waals surface area contributed by atoms with E-state index in [0.29, 0.717) is 34.3 Å². The summed E-state index contributed by atoms with van der Waals surface area (Å²) in [6.45, 7) is 2.57. The van der Waals surface area contributed by atoms with Gasteiger partial charge in [0.25, 0.3) is 5.91 Å². The fraction of sp³-hybridized carbons (Fsp3) is 0.435. The Balaban J connectivity index is 1.44. The van der Waals surface area contributed by atoms with Gasteiger partial charge in [-0.25, -0.2) is 0 Å². The normalized spacial score (nSPS) is 24.5. The number of nitrogens with one attached hydrogen (secondary N) is 2. The zero-order chi connectivity index (χ0) is 22.5. The predicted molar refractivity (Wildman–Crippen MR) is 126 cm³/mol. The van der Waals surface area contributed by atoms with E-state index in [2.05, 4.69) is 15.8 Å². The van der Waals surface area contributed by atoms with Crippen LogP contribution in [0, 0.1) is 0 Å². The highest BCUT2D eigenvalue weighted by atomic mass is 35.5. The number of benzene rings is 1. The summed E-state index contributed by atoms with van der Waals surface area (Å²) < 4.78 is 0. The maximum Gasteiger partial charge on any atom is 0.262 e. The first kappa shape index (κ1) is 21.7. The Kier molecular flexibility index (Phi) is 5.68. The second-order valence-corrected chi connectivity index (χ2v) is 10.6. The molecule has 32 heavy (non-hydrogen) atoms. The van der Waals surface area contributed by atoms with Gasteiger partial charge >= 0.3 is 0 Å². The summed E-state index contributed by atoms with van der Waals surface area (Å²) in [5.41, 5.74) is 3.31. The van der Waals surface area contributed by atoms with Gasteiger partial charge in [-0.05, 0) is 68.4 Å². The van der Waals surface area contributed by atoms with Crippen LogP contribution in [0.2, 0.25) is 10.0 Å². The maximum atomic E-state index is 13.1. The van der Waals surface area contributed by atoms with Crippen molar-refractivity contribution in [2.75, 3.05) is 6.54 Å². The Bertz CT molecular complexity index is 1130. The van der Waals surface area contributed by atoms with Crippen molar-refractivity contribution in [2.24, 2.45) is 5.16 Å². The van der Waals surface area contributed by atoms with Gasteiger partial charge in [-0.3, -0.25) is 9.59 Å². The molecule has 0 saturated carbocycles. The molecule has 2 aliphatic heterocycles. The van der Waals surface area contributed by atoms with E-state index in [0.717, 1.165) is 47.4 Å². The van der Waals surface area contributed by atoms with Crippen LogP contribution in [0.5, 0.6) is 0 Å². The van der Waals surface area contributed by atoms with Crippen molar-refractivity contribution in [1.82, 2.24) is 10.6 Å². The number of carbonyl (C=O) groups is 2. The van der Waals surface area contributed by atoms with E-state index in [1.54, 1.807) is 6.07 Å². The summed E-state index contributed by atoms with van der Waals surface area (Å²) in [5.74, 6) is -0.293. The number of hydrogen-bond acceptors (Lipinski definition) is 5. The molecule has 1 aliphatic carbocycles. The van der Waals surface area contributed by atoms with Crippen LogP contribution in [-0.4, -0.2) is 30.1 Å². The molecule has 5 rings (SSSR count). The van der Waals surface area contributed by atoms with E-state index in [9.17, 15) is 9.59 Å². The fourth-order valence-electron chi connectivity index (χ4n) is 4.68. The van der Waals surface area contributed by atoms with Gasteiger partial charge in [0.15, 0.2) is 5.60 Å². The number of nitrogens with zero attached hydrogens (tertiary/aromatic N) is 1. The van der Waals surface area contributed by atoms with Crippen molar-refractivity contribution in [3.63, 3.8) is 0 Å². The third kappa shape index (κ3) is 3.91. The monoisotopic (exact) mass is 491 g/mol. The molecule has 168 valence electrons. The summed E-state index contributed by atoms with van der Waals surface area (Å²) in [6, 6.07) is 4.93. The van der Waals surface area contributed by atoms with Crippen LogP contribution in [0.25, 0.3) is 0 Å². The highest BCUT2D eigenvalue weighted by Crippen LogP contribution is 2.42. The number of thiophene rings is 1. The standard InChI is InChI=1S/C23H23Cl2N3O3S/c1-23(12-8-13(24)10-14(25)9-12)11-18(28-31-23)19-15-4-2-3-5-16(15)20(32-19)22(30)27-17-6-7-26-21(17)29/h8-10,17H,2-7,11H2,1H3,(H,26,29)(H,27,30)/t17-,23?/m1/s1. The Hall–Kier alpha value is -2.09. The average Bonchev–Trinajstić information content (AvgIpc) is 3.45. The third-order valence-electron chi connectivity index (χ3n) is 6.38. The number of rotatable bonds is 4. The Morgan fingerprint density at radius 3 is 2.62 bits per heavy atom. The van der Waals surface area contributed by atoms with E-state index in [1.807, 2.05) is 19.1 Å². The molecule has 3 heterocycles. The second-order valence-electron chi connectivity index (χ2n) is 8.73. The zero-order valence-corrected chi connectivity index (χ0v) is 19.9. The van der Waals surface area contributed by atoms with Gasteiger partial charge in [-0.1, -0.05) is 28.4 Å². The van der Waals surface area contributed by atoms with E-state index < -0.39 is 11.6 Å². The lowest BCUT2D eigenvalue weighted by molar-refractivity contribution is -0.120. The van der Waals surface area contributed by atoms with Crippen molar-refractivity contribution in [3.8, 4) is 0 Å². The summed E-state index contributed by atoms with van der Waals surface area (Å²) in [6.07, 6.45) is 5.08. The van der Waals surface area contributed by atoms with E-state index in [4.69, 9.17) is 28.0 Å². The molecule has 1 fully saturated rings. The van der Waals surface area contributed by atoms with Crippen molar-refractivity contribution in [3.05, 3.63) is 54.7 Å². The minimum atomic E-state index is -0.681. The van der Waals surface area contributed by atoms with Crippen molar-refractivity contribution >= 4 is 52.1 Å². The van der Waals surface area contributed by atoms with Gasteiger partial charge in [0.1, 0.15) is 11.8 Å². The van der Waals surface area contributed by atoms with Crippen molar-refractivity contribution < 1.29 is 14.4 Å². The van der Waals surface area contributed by atoms with Gasteiger partial charge < -0.3 is 15.5 Å². The molecule has 0 radical (unpaired) electrons. The first-order chi connectivity index (χ1) is 15.3. The molecule has 1 saturated heterocycles. The summed E-state index contributed by atoms with van der Waals surface area (Å²) in [7, 11) is 0. The molecule has 1 aromatic heterocycles. The number of hydrogen-bond donors (Lipinski definition) is 2. The molecule has 0 spiro atoms. The van der Waals surface area contributed by atoms with Crippen LogP contribution in [0.3, 0.4) is 0 Å². The highest BCUT2D eigenvalue weighted by Gasteiger charge is 2.40. The van der Waals surface area contributed by atoms with Crippen LogP contribution in [-0.2, 0) is 28.1 Å². The number of carbonyl (C=O) groups excluding carboxylic acids is 2. The smallest absolute Gasteiger partial charge is 0.262 e. The summed E-state index contributed by atoms with van der Waals surface area (Å²) in [5, 5.41) is 11.2. The van der Waals surface area contributed by atoms with Crippen LogP contribution in [0.15, 0.2) is 23.4 Å². The summed E-state index contributed by atoms with van der Waals surface area (Å²) in [4.78, 5) is 32.6. The van der Waals surface area contributed by atoms with Crippen LogP contribution >= 0.6 is 34.5 Å². The number of oxime groups is 1. The lowest BCUT2D eigenvalue weighted by Gasteiger charge is -2.22. The van der Waals surface area contributed by atoms with E-state index >= 15 is 0 Å². The number of amides is 2. The molecule has 0 bridgehead atoms. The van der Waals surface area contributed by atoms with Gasteiger partial charge in [-0.15, -0.1) is 11.3 Å². The van der Waals surface area contributed by atoms with Crippen molar-refractivity contribution in [1.29, 1.82) is 0 Å². The highest BCUT2D eigenvalue weighted by molar-refractivity contribution is 7.16. The van der Waals surface area contributed by atoms with Gasteiger partial charge in [0.2, 0.25) is 5.91 Å². The maximum absolute atomic E-state index is 13.1. The number of halogens is 2. The van der Waals surface area contributed by atoms with Gasteiger partial charge in [-0.2, -0.15) is 0 Å². The topological polar surface area (TPSA) is 79.8 Å². The molecular formula is C23H23Cl2N3O3S. The molecule has 2 N–H and O–H groups in total. The van der Waals surface area contributed by atoms with Crippen LogP contribution in [0.1, 0.15) is 63.8 Å². The number of fused-ring (bicyclic) bond motifs is 1. The molecule has 2 aromatic rings. The first-order valence-electron chi connectivity index (χ1n) is 10.8. The molecule has 2 amide bonds. The predicted octanol–water partition coefficient (Wildman–Crippen LogP) is 4.59. The Morgan fingerprint density at radius 2 is 1.94 bits per heavy atom. The zero-order valence-electron chi connectivity index (χ0n) is 17.6. The van der Waals surface area contributed by atoms with E-state index in [-0.39, 0.29) is 11.8 Å². The Labute approximate surface area is 200 Å². The second kappa shape index (κ2) is 8.36. The van der Waals surface area contributed by atoms with Gasteiger partial charge in [0, 0.05) is 28.6 Å². The fourth-order valence-corrected chi connectivity index (χ4v) is 6.49. The minimum Gasteiger partial charge on any atom is -0.384 e. The first-order valence-corrected chi connectivity index (χ1v) is 12.4. The lowest BCUT2D eigenvalue weighted by atomic mass is 9.87.